The van der Waals surface area contributed by atoms with Gasteiger partial charge in [0.05, 0.1) is 9.95 Å². The molecule has 18 heavy (non-hydrogen) atoms. The molecule has 1 aliphatic heterocycles. The highest BCUT2D eigenvalue weighted by molar-refractivity contribution is 9.10. The molecule has 1 atom stereocenters. The molecule has 1 aromatic rings. The molecule has 0 amide bonds. The van der Waals surface area contributed by atoms with Gasteiger partial charge in [0.2, 0.25) is 0 Å². The van der Waals surface area contributed by atoms with Crippen LogP contribution in [-0.2, 0) is 0 Å². The molecule has 6 heteroatoms. The second kappa shape index (κ2) is 5.45. The lowest BCUT2D eigenvalue weighted by molar-refractivity contribution is -0.384. The van der Waals surface area contributed by atoms with E-state index in [9.17, 15) is 10.1 Å². The van der Waals surface area contributed by atoms with Crippen molar-refractivity contribution in [3.8, 4) is 0 Å². The Kier molecular flexibility index (Phi) is 4.12. The van der Waals surface area contributed by atoms with E-state index in [1.165, 1.54) is 12.5 Å². The molecule has 0 aromatic heterocycles. The van der Waals surface area contributed by atoms with Gasteiger partial charge in [-0.05, 0) is 32.3 Å². The summed E-state index contributed by atoms with van der Waals surface area (Å²) >= 11 is 9.45. The highest BCUT2D eigenvalue weighted by Crippen LogP contribution is 2.40. The minimum atomic E-state index is -0.368. The van der Waals surface area contributed by atoms with Crippen molar-refractivity contribution in [2.75, 3.05) is 11.4 Å². The van der Waals surface area contributed by atoms with Gasteiger partial charge in [-0.15, -0.1) is 0 Å². The maximum Gasteiger partial charge on any atom is 0.295 e. The van der Waals surface area contributed by atoms with E-state index < -0.39 is 0 Å². The molecule has 2 rings (SSSR count). The third-order valence-corrected chi connectivity index (χ3v) is 4.04. The van der Waals surface area contributed by atoms with Crippen LogP contribution in [0.3, 0.4) is 0 Å². The lowest BCUT2D eigenvalue weighted by Crippen LogP contribution is -2.38. The molecule has 0 aliphatic carbocycles. The van der Waals surface area contributed by atoms with Crippen LogP contribution in [0, 0.1) is 10.1 Å². The third-order valence-electron chi connectivity index (χ3n) is 3.29. The summed E-state index contributed by atoms with van der Waals surface area (Å²) in [5, 5.41) is 11.6. The average molecular weight is 334 g/mol. The fourth-order valence-corrected chi connectivity index (χ4v) is 3.31. The summed E-state index contributed by atoms with van der Waals surface area (Å²) in [5.74, 6) is 0. The predicted octanol–water partition coefficient (Wildman–Crippen LogP) is 4.39. The van der Waals surface area contributed by atoms with Gasteiger partial charge in [0, 0.05) is 23.1 Å². The van der Waals surface area contributed by atoms with Crippen molar-refractivity contribution in [2.24, 2.45) is 0 Å². The fraction of sp³-hybridized carbons (Fsp3) is 0.500. The second-order valence-corrected chi connectivity index (χ2v) is 5.87. The Morgan fingerprint density at radius 2 is 2.22 bits per heavy atom. The maximum atomic E-state index is 11.2. The number of piperidine rings is 1. The van der Waals surface area contributed by atoms with Crippen molar-refractivity contribution in [2.45, 2.75) is 32.2 Å². The molecular weight excluding hydrogens is 320 g/mol. The van der Waals surface area contributed by atoms with Crippen molar-refractivity contribution in [1.29, 1.82) is 0 Å². The lowest BCUT2D eigenvalue weighted by Gasteiger charge is -2.35. The first-order valence-corrected chi connectivity index (χ1v) is 7.08. The van der Waals surface area contributed by atoms with E-state index in [1.54, 1.807) is 6.07 Å². The van der Waals surface area contributed by atoms with Gasteiger partial charge >= 0.3 is 0 Å². The van der Waals surface area contributed by atoms with Crippen LogP contribution in [0.4, 0.5) is 11.4 Å². The zero-order chi connectivity index (χ0) is 13.3. The zero-order valence-corrected chi connectivity index (χ0v) is 12.4. The number of halogens is 2. The Balaban J connectivity index is 2.51. The van der Waals surface area contributed by atoms with Crippen LogP contribution in [0.5, 0.6) is 0 Å². The van der Waals surface area contributed by atoms with Gasteiger partial charge in [-0.3, -0.25) is 10.1 Å². The van der Waals surface area contributed by atoms with Crippen molar-refractivity contribution in [3.63, 3.8) is 0 Å². The van der Waals surface area contributed by atoms with Crippen LogP contribution < -0.4 is 4.90 Å². The minimum absolute atomic E-state index is 0.0723. The summed E-state index contributed by atoms with van der Waals surface area (Å²) < 4.78 is 0.632. The van der Waals surface area contributed by atoms with E-state index in [1.807, 2.05) is 0 Å². The first kappa shape index (κ1) is 13.6. The molecule has 1 saturated heterocycles. The summed E-state index contributed by atoms with van der Waals surface area (Å²) in [6, 6.07) is 3.52. The average Bonchev–Trinajstić information content (AvgIpc) is 2.29. The van der Waals surface area contributed by atoms with Gasteiger partial charge in [-0.25, -0.2) is 0 Å². The number of benzene rings is 1. The van der Waals surface area contributed by atoms with E-state index in [2.05, 4.69) is 27.8 Å². The van der Waals surface area contributed by atoms with Crippen LogP contribution in [0.25, 0.3) is 0 Å². The number of hydrogen-bond acceptors (Lipinski definition) is 3. The maximum absolute atomic E-state index is 11.2. The van der Waals surface area contributed by atoms with Crippen molar-refractivity contribution in [1.82, 2.24) is 0 Å². The molecule has 1 aromatic carbocycles. The number of rotatable bonds is 2. The van der Waals surface area contributed by atoms with Gasteiger partial charge in [-0.1, -0.05) is 27.5 Å². The molecule has 0 radical (unpaired) electrons. The van der Waals surface area contributed by atoms with Crippen molar-refractivity contribution >= 4 is 38.9 Å². The zero-order valence-electron chi connectivity index (χ0n) is 10.0. The van der Waals surface area contributed by atoms with Crippen molar-refractivity contribution < 1.29 is 4.92 Å². The van der Waals surface area contributed by atoms with Gasteiger partial charge in [0.15, 0.2) is 0 Å². The number of anilines is 1. The molecule has 0 saturated carbocycles. The highest BCUT2D eigenvalue weighted by atomic mass is 79.9. The quantitative estimate of drug-likeness (QED) is 0.595. The normalized spacial score (nSPS) is 19.9. The minimum Gasteiger partial charge on any atom is -0.362 e. The van der Waals surface area contributed by atoms with E-state index in [4.69, 9.17) is 11.6 Å². The van der Waals surface area contributed by atoms with E-state index in [-0.39, 0.29) is 16.7 Å². The standard InChI is InChI=1S/C12H14BrClN2O2/c1-8-4-2-3-5-15(8)12-10(14)6-9(13)7-11(12)16(17)18/h6-8H,2-5H2,1H3/t8-/m0/s1. The van der Waals surface area contributed by atoms with Gasteiger partial charge < -0.3 is 4.90 Å². The highest BCUT2D eigenvalue weighted by Gasteiger charge is 2.28. The largest absolute Gasteiger partial charge is 0.362 e. The van der Waals surface area contributed by atoms with Crippen LogP contribution in [0.2, 0.25) is 5.02 Å². The Hall–Kier alpha value is -0.810. The van der Waals surface area contributed by atoms with Crippen LogP contribution in [0.1, 0.15) is 26.2 Å². The predicted molar refractivity (Wildman–Crippen MR) is 76.5 cm³/mol. The molecule has 0 unspecified atom stereocenters. The van der Waals surface area contributed by atoms with E-state index in [0.717, 1.165) is 19.4 Å². The monoisotopic (exact) mass is 332 g/mol. The molecule has 0 N–H and O–H groups in total. The first-order valence-electron chi connectivity index (χ1n) is 5.91. The van der Waals surface area contributed by atoms with Crippen LogP contribution >= 0.6 is 27.5 Å². The SMILES string of the molecule is C[C@H]1CCCCN1c1c(Cl)cc(Br)cc1[N+](=O)[O-]. The Morgan fingerprint density at radius 1 is 1.50 bits per heavy atom. The third kappa shape index (κ3) is 2.62. The van der Waals surface area contributed by atoms with Crippen LogP contribution in [0.15, 0.2) is 16.6 Å². The molecule has 1 fully saturated rings. The Bertz CT molecular complexity index is 481. The molecule has 0 spiro atoms. The summed E-state index contributed by atoms with van der Waals surface area (Å²) in [4.78, 5) is 12.9. The van der Waals surface area contributed by atoms with Gasteiger partial charge in [0.25, 0.3) is 5.69 Å². The number of nitro groups is 1. The van der Waals surface area contributed by atoms with Gasteiger partial charge in [-0.2, -0.15) is 0 Å². The summed E-state index contributed by atoms with van der Waals surface area (Å²) in [6.07, 6.45) is 3.26. The Morgan fingerprint density at radius 3 is 2.83 bits per heavy atom. The fourth-order valence-electron chi connectivity index (χ4n) is 2.41. The Labute approximate surface area is 119 Å². The topological polar surface area (TPSA) is 46.4 Å². The molecule has 98 valence electrons. The molecular formula is C12H14BrClN2O2. The summed E-state index contributed by atoms with van der Waals surface area (Å²) in [7, 11) is 0. The van der Waals surface area contributed by atoms with E-state index in [0.29, 0.717) is 15.2 Å². The smallest absolute Gasteiger partial charge is 0.295 e. The second-order valence-electron chi connectivity index (χ2n) is 4.55. The lowest BCUT2D eigenvalue weighted by atomic mass is 10.0. The van der Waals surface area contributed by atoms with E-state index >= 15 is 0 Å². The summed E-state index contributed by atoms with van der Waals surface area (Å²) in [5.41, 5.74) is 0.625. The molecule has 0 bridgehead atoms. The molecule has 1 aliphatic rings. The van der Waals surface area contributed by atoms with Crippen LogP contribution in [-0.4, -0.2) is 17.5 Å². The molecule has 4 nitrogen and oxygen atoms in total. The first-order chi connectivity index (χ1) is 8.50. The summed E-state index contributed by atoms with van der Waals surface area (Å²) in [6.45, 7) is 2.91. The van der Waals surface area contributed by atoms with Crippen molar-refractivity contribution in [3.05, 3.63) is 31.7 Å². The van der Waals surface area contributed by atoms with Gasteiger partial charge in [0.1, 0.15) is 5.69 Å². The number of hydrogen-bond donors (Lipinski definition) is 0. The molecule has 1 heterocycles. The number of nitrogens with zero attached hydrogens (tertiary/aromatic N) is 2. The number of nitro benzene ring substituents is 1.